The first-order chi connectivity index (χ1) is 14.1. The van der Waals surface area contributed by atoms with Crippen molar-refractivity contribution in [1.29, 1.82) is 0 Å². The Labute approximate surface area is 169 Å². The van der Waals surface area contributed by atoms with Gasteiger partial charge < -0.3 is 9.64 Å². The molecule has 0 spiro atoms. The van der Waals surface area contributed by atoms with Gasteiger partial charge in [0, 0.05) is 26.1 Å². The van der Waals surface area contributed by atoms with E-state index in [9.17, 15) is 9.59 Å². The number of ether oxygens (including phenoxy) is 1. The molecule has 0 N–H and O–H groups in total. The predicted octanol–water partition coefficient (Wildman–Crippen LogP) is 1.87. The van der Waals surface area contributed by atoms with Gasteiger partial charge in [-0.05, 0) is 30.2 Å². The number of aryl methyl sites for hydroxylation is 1. The Hall–Kier alpha value is -3.35. The average Bonchev–Trinajstić information content (AvgIpc) is 2.89. The van der Waals surface area contributed by atoms with Crippen molar-refractivity contribution in [1.82, 2.24) is 19.2 Å². The van der Waals surface area contributed by atoms with Gasteiger partial charge >= 0.3 is 5.69 Å². The Morgan fingerprint density at radius 3 is 2.69 bits per heavy atom. The topological polar surface area (TPSA) is 69.4 Å². The van der Waals surface area contributed by atoms with Crippen LogP contribution >= 0.6 is 0 Å². The van der Waals surface area contributed by atoms with Crippen molar-refractivity contribution in [3.05, 3.63) is 82.0 Å². The molecule has 7 nitrogen and oxygen atoms in total. The minimum Gasteiger partial charge on any atom is -0.484 e. The number of nitrogens with zero attached hydrogens (tertiary/aromatic N) is 4. The third-order valence-corrected chi connectivity index (χ3v) is 5.08. The van der Waals surface area contributed by atoms with Gasteiger partial charge in [-0.2, -0.15) is 5.10 Å². The predicted molar refractivity (Wildman–Crippen MR) is 109 cm³/mol. The maximum Gasteiger partial charge on any atom is 0.346 e. The quantitative estimate of drug-likeness (QED) is 0.665. The fourth-order valence-corrected chi connectivity index (χ4v) is 3.51. The molecule has 1 aromatic heterocycles. The molecule has 0 atom stereocenters. The first-order valence-electron chi connectivity index (χ1n) is 9.78. The fraction of sp³-hybridized carbons (Fsp3) is 0.318. The molecule has 0 saturated carbocycles. The van der Waals surface area contributed by atoms with Crippen molar-refractivity contribution in [2.75, 3.05) is 19.7 Å². The molecule has 1 aliphatic heterocycles. The Bertz CT molecular complexity index is 1060. The Morgan fingerprint density at radius 1 is 1.07 bits per heavy atom. The van der Waals surface area contributed by atoms with Crippen LogP contribution in [0.2, 0.25) is 0 Å². The minimum absolute atomic E-state index is 0.00991. The summed E-state index contributed by atoms with van der Waals surface area (Å²) in [6.07, 6.45) is 0.549. The number of hydrogen-bond donors (Lipinski definition) is 0. The summed E-state index contributed by atoms with van der Waals surface area (Å²) >= 11 is 0. The van der Waals surface area contributed by atoms with Crippen LogP contribution in [-0.2, 0) is 24.3 Å². The van der Waals surface area contributed by atoms with E-state index in [-0.39, 0.29) is 18.2 Å². The summed E-state index contributed by atoms with van der Waals surface area (Å²) in [4.78, 5) is 27.0. The number of carbonyl (C=O) groups excluding carboxylic acids is 1. The van der Waals surface area contributed by atoms with Gasteiger partial charge in [-0.1, -0.05) is 42.5 Å². The molecular formula is C22H24N4O3. The number of aromatic nitrogens is 3. The van der Waals surface area contributed by atoms with E-state index in [1.165, 1.54) is 4.68 Å². The second-order valence-corrected chi connectivity index (χ2v) is 7.23. The highest BCUT2D eigenvalue weighted by molar-refractivity contribution is 5.77. The molecule has 150 valence electrons. The monoisotopic (exact) mass is 392 g/mol. The van der Waals surface area contributed by atoms with Crippen molar-refractivity contribution in [3.8, 4) is 5.75 Å². The molecule has 2 heterocycles. The smallest absolute Gasteiger partial charge is 0.346 e. The zero-order valence-corrected chi connectivity index (χ0v) is 16.5. The molecule has 3 aromatic rings. The van der Waals surface area contributed by atoms with Crippen molar-refractivity contribution >= 4 is 5.91 Å². The Balaban J connectivity index is 1.38. The van der Waals surface area contributed by atoms with Crippen LogP contribution in [0.15, 0.2) is 59.4 Å². The number of amides is 1. The van der Waals surface area contributed by atoms with E-state index >= 15 is 0 Å². The molecule has 4 rings (SSSR count). The van der Waals surface area contributed by atoms with Crippen LogP contribution in [0.3, 0.4) is 0 Å². The number of hydrogen-bond acceptors (Lipinski definition) is 4. The summed E-state index contributed by atoms with van der Waals surface area (Å²) in [5, 5.41) is 4.50. The second-order valence-electron chi connectivity index (χ2n) is 7.23. The lowest BCUT2D eigenvalue weighted by Gasteiger charge is -2.20. The van der Waals surface area contributed by atoms with E-state index in [0.717, 1.165) is 17.0 Å². The van der Waals surface area contributed by atoms with Crippen LogP contribution in [0.25, 0.3) is 0 Å². The normalized spacial score (nSPS) is 13.6. The average molecular weight is 392 g/mol. The number of rotatable bonds is 5. The van der Waals surface area contributed by atoms with Gasteiger partial charge in [0.25, 0.3) is 5.91 Å². The van der Waals surface area contributed by atoms with Gasteiger partial charge in [0.05, 0.1) is 6.54 Å². The second kappa shape index (κ2) is 8.34. The summed E-state index contributed by atoms with van der Waals surface area (Å²) in [5.41, 5.74) is 1.99. The lowest BCUT2D eigenvalue weighted by Crippen LogP contribution is -2.38. The van der Waals surface area contributed by atoms with Gasteiger partial charge in [-0.25, -0.2) is 9.48 Å². The van der Waals surface area contributed by atoms with E-state index in [2.05, 4.69) is 5.10 Å². The molecule has 0 bridgehead atoms. The summed E-state index contributed by atoms with van der Waals surface area (Å²) in [6.45, 7) is 3.86. The molecule has 2 aromatic carbocycles. The van der Waals surface area contributed by atoms with Gasteiger partial charge in [0.1, 0.15) is 11.6 Å². The zero-order chi connectivity index (χ0) is 20.2. The maximum absolute atomic E-state index is 12.7. The summed E-state index contributed by atoms with van der Waals surface area (Å²) < 4.78 is 8.81. The molecule has 0 saturated heterocycles. The van der Waals surface area contributed by atoms with E-state index < -0.39 is 0 Å². The molecular weight excluding hydrogens is 368 g/mol. The first kappa shape index (κ1) is 19.0. The third-order valence-electron chi connectivity index (χ3n) is 5.08. The largest absolute Gasteiger partial charge is 0.484 e. The SMILES string of the molecule is Cc1cccc(OCC(=O)N2CCc3nn(Cc4ccccc4)c(=O)n3CC2)c1. The summed E-state index contributed by atoms with van der Waals surface area (Å²) in [6, 6.07) is 17.4. The van der Waals surface area contributed by atoms with Crippen LogP contribution in [-0.4, -0.2) is 44.9 Å². The molecule has 0 unspecified atom stereocenters. The van der Waals surface area contributed by atoms with Crippen LogP contribution in [0, 0.1) is 6.92 Å². The minimum atomic E-state index is -0.130. The highest BCUT2D eigenvalue weighted by Gasteiger charge is 2.22. The highest BCUT2D eigenvalue weighted by atomic mass is 16.5. The van der Waals surface area contributed by atoms with E-state index in [0.29, 0.717) is 38.3 Å². The molecule has 0 aliphatic carbocycles. The third kappa shape index (κ3) is 4.39. The van der Waals surface area contributed by atoms with Crippen LogP contribution in [0.1, 0.15) is 17.0 Å². The highest BCUT2D eigenvalue weighted by Crippen LogP contribution is 2.13. The fourth-order valence-electron chi connectivity index (χ4n) is 3.51. The van der Waals surface area contributed by atoms with Crippen LogP contribution in [0.4, 0.5) is 0 Å². The molecule has 1 aliphatic rings. The summed E-state index contributed by atoms with van der Waals surface area (Å²) in [7, 11) is 0. The first-order valence-corrected chi connectivity index (χ1v) is 9.78. The molecule has 0 radical (unpaired) electrons. The van der Waals surface area contributed by atoms with Crippen molar-refractivity contribution in [2.45, 2.75) is 26.4 Å². The van der Waals surface area contributed by atoms with Crippen LogP contribution < -0.4 is 10.4 Å². The Morgan fingerprint density at radius 2 is 1.90 bits per heavy atom. The molecule has 7 heteroatoms. The number of benzene rings is 2. The van der Waals surface area contributed by atoms with Gasteiger partial charge in [-0.3, -0.25) is 9.36 Å². The Kier molecular flexibility index (Phi) is 5.46. The molecule has 29 heavy (non-hydrogen) atoms. The zero-order valence-electron chi connectivity index (χ0n) is 16.5. The van der Waals surface area contributed by atoms with Gasteiger partial charge in [0.15, 0.2) is 6.61 Å². The summed E-state index contributed by atoms with van der Waals surface area (Å²) in [5.74, 6) is 1.33. The van der Waals surface area contributed by atoms with E-state index in [4.69, 9.17) is 4.74 Å². The van der Waals surface area contributed by atoms with Crippen molar-refractivity contribution < 1.29 is 9.53 Å². The van der Waals surface area contributed by atoms with Gasteiger partial charge in [0.2, 0.25) is 0 Å². The molecule has 0 fully saturated rings. The molecule has 1 amide bonds. The lowest BCUT2D eigenvalue weighted by atomic mass is 10.2. The van der Waals surface area contributed by atoms with Gasteiger partial charge in [-0.15, -0.1) is 0 Å². The maximum atomic E-state index is 12.7. The van der Waals surface area contributed by atoms with Crippen molar-refractivity contribution in [3.63, 3.8) is 0 Å². The van der Waals surface area contributed by atoms with Crippen LogP contribution in [0.5, 0.6) is 5.75 Å². The van der Waals surface area contributed by atoms with E-state index in [1.54, 1.807) is 9.47 Å². The number of fused-ring (bicyclic) bond motifs is 1. The lowest BCUT2D eigenvalue weighted by molar-refractivity contribution is -0.133. The van der Waals surface area contributed by atoms with E-state index in [1.807, 2.05) is 61.5 Å². The number of carbonyl (C=O) groups is 1. The standard InChI is InChI=1S/C22H24N4O3/c1-17-6-5-9-19(14-17)29-16-21(27)24-11-10-20-23-26(22(28)25(20)13-12-24)15-18-7-3-2-4-8-18/h2-9,14H,10-13,15-16H2,1H3. The van der Waals surface area contributed by atoms with Crippen molar-refractivity contribution in [2.24, 2.45) is 0 Å².